The fourth-order valence-corrected chi connectivity index (χ4v) is 12.1. The van der Waals surface area contributed by atoms with Crippen LogP contribution in [0.5, 0.6) is 0 Å². The minimum atomic E-state index is -0.141. The number of hydrogen-bond acceptors (Lipinski definition) is 3. The number of rotatable bonds is 4. The van der Waals surface area contributed by atoms with Crippen molar-refractivity contribution in [2.45, 2.75) is 116 Å². The SMILES string of the molecule is CC(C)(C)c1ccc(N2c3ccccc3B3c4ccccc4N(c4ccccc4)c4cc(N5c6ccc(C(C)(C)C)cc6C6(C)CCCCCCC56C)cc2c43)c(-c2ccccc2)c1. The van der Waals surface area contributed by atoms with E-state index in [2.05, 4.69) is 228 Å². The monoisotopic (exact) mass is 836 g/mol. The molecule has 4 aliphatic rings. The maximum atomic E-state index is 2.83. The number of anilines is 8. The van der Waals surface area contributed by atoms with Crippen molar-refractivity contribution in [3.8, 4) is 11.1 Å². The summed E-state index contributed by atoms with van der Waals surface area (Å²) in [4.78, 5) is 8.04. The normalized spacial score (nSPS) is 20.1. The Morgan fingerprint density at radius 2 is 0.984 bits per heavy atom. The fraction of sp³-hybridized carbons (Fsp3) is 0.300. The van der Waals surface area contributed by atoms with E-state index in [1.807, 2.05) is 0 Å². The zero-order valence-corrected chi connectivity index (χ0v) is 39.2. The summed E-state index contributed by atoms with van der Waals surface area (Å²) in [5.41, 5.74) is 20.7. The molecule has 64 heavy (non-hydrogen) atoms. The second-order valence-corrected chi connectivity index (χ2v) is 21.6. The van der Waals surface area contributed by atoms with E-state index in [9.17, 15) is 0 Å². The third-order valence-corrected chi connectivity index (χ3v) is 15.8. The van der Waals surface area contributed by atoms with Gasteiger partial charge in [0, 0.05) is 50.8 Å². The Kier molecular flexibility index (Phi) is 9.41. The largest absolute Gasteiger partial charge is 0.334 e. The van der Waals surface area contributed by atoms with Crippen LogP contribution >= 0.6 is 0 Å². The zero-order chi connectivity index (χ0) is 44.2. The molecule has 2 atom stereocenters. The second kappa shape index (κ2) is 14.8. The molecule has 320 valence electrons. The molecule has 0 bridgehead atoms. The molecule has 0 saturated heterocycles. The van der Waals surface area contributed by atoms with Gasteiger partial charge in [-0.2, -0.15) is 0 Å². The first-order valence-corrected chi connectivity index (χ1v) is 23.9. The van der Waals surface area contributed by atoms with Gasteiger partial charge in [0.05, 0.1) is 11.2 Å². The van der Waals surface area contributed by atoms with Gasteiger partial charge in [-0.1, -0.05) is 177 Å². The fourth-order valence-electron chi connectivity index (χ4n) is 12.1. The van der Waals surface area contributed by atoms with E-state index in [-0.39, 0.29) is 28.5 Å². The molecule has 1 aliphatic carbocycles. The summed E-state index contributed by atoms with van der Waals surface area (Å²) in [6.07, 6.45) is 7.41. The molecule has 1 fully saturated rings. The minimum absolute atomic E-state index is 0.0123. The molecule has 2 unspecified atom stereocenters. The van der Waals surface area contributed by atoms with Gasteiger partial charge in [0.25, 0.3) is 6.71 Å². The van der Waals surface area contributed by atoms with E-state index in [1.54, 1.807) is 0 Å². The maximum Gasteiger partial charge on any atom is 0.252 e. The Morgan fingerprint density at radius 1 is 0.453 bits per heavy atom. The number of benzene rings is 7. The van der Waals surface area contributed by atoms with Crippen LogP contribution in [-0.4, -0.2) is 12.3 Å². The van der Waals surface area contributed by atoms with Crippen molar-refractivity contribution in [2.24, 2.45) is 0 Å². The van der Waals surface area contributed by atoms with E-state index in [1.165, 1.54) is 122 Å². The summed E-state index contributed by atoms with van der Waals surface area (Å²) >= 11 is 0. The average Bonchev–Trinajstić information content (AvgIpc) is 3.47. The molecule has 11 rings (SSSR count). The molecule has 0 aromatic heterocycles. The van der Waals surface area contributed by atoms with Gasteiger partial charge in [0.1, 0.15) is 0 Å². The minimum Gasteiger partial charge on any atom is -0.334 e. The first kappa shape index (κ1) is 40.8. The lowest BCUT2D eigenvalue weighted by Gasteiger charge is -2.50. The van der Waals surface area contributed by atoms with Gasteiger partial charge in [-0.05, 0) is 124 Å². The van der Waals surface area contributed by atoms with Crippen LogP contribution in [0, 0.1) is 0 Å². The summed E-state index contributed by atoms with van der Waals surface area (Å²) in [5, 5.41) is 0. The molecule has 7 aromatic rings. The second-order valence-electron chi connectivity index (χ2n) is 21.6. The van der Waals surface area contributed by atoms with Crippen molar-refractivity contribution < 1.29 is 0 Å². The predicted octanol–water partition coefficient (Wildman–Crippen LogP) is 14.6. The Balaban J connectivity index is 1.26. The highest BCUT2D eigenvalue weighted by molar-refractivity contribution is 7.00. The van der Waals surface area contributed by atoms with Crippen LogP contribution in [0.15, 0.2) is 158 Å². The smallest absolute Gasteiger partial charge is 0.252 e. The molecule has 7 aromatic carbocycles. The maximum absolute atomic E-state index is 2.83. The van der Waals surface area contributed by atoms with Crippen LogP contribution in [0.2, 0.25) is 0 Å². The van der Waals surface area contributed by atoms with Crippen molar-refractivity contribution >= 4 is 68.6 Å². The highest BCUT2D eigenvalue weighted by atomic mass is 15.3. The highest BCUT2D eigenvalue weighted by Gasteiger charge is 2.57. The summed E-state index contributed by atoms with van der Waals surface area (Å²) in [6, 6.07) is 60.5. The Hall–Kier alpha value is -6.00. The molecule has 0 amide bonds. The Bertz CT molecular complexity index is 2920. The van der Waals surface area contributed by atoms with Crippen LogP contribution in [0.4, 0.5) is 45.5 Å². The zero-order valence-electron chi connectivity index (χ0n) is 39.2. The molecule has 4 heteroatoms. The lowest BCUT2D eigenvalue weighted by atomic mass is 9.33. The van der Waals surface area contributed by atoms with Gasteiger partial charge >= 0.3 is 0 Å². The third-order valence-electron chi connectivity index (χ3n) is 15.8. The molecule has 0 spiro atoms. The molecular weight excluding hydrogens is 773 g/mol. The summed E-state index contributed by atoms with van der Waals surface area (Å²) in [6.45, 7) is 19.4. The standard InChI is InChI=1S/C60H62BN3/c1-57(2,3)42-31-33-50(46(37-42)41-23-13-11-14-24-41)63-53-30-20-18-28-49(53)61-48-27-17-19-29-52(48)62(44-25-15-12-16-26-44)54-39-45(40-55(63)56(54)61)64-51-34-32-43(58(4,5)6)38-47(51)59(7)35-21-9-10-22-36-60(59,64)8/h11-20,23-34,37-40H,9-10,21-22,35-36H2,1-8H3. The molecule has 3 heterocycles. The van der Waals surface area contributed by atoms with Crippen LogP contribution in [0.3, 0.4) is 0 Å². The first-order chi connectivity index (χ1) is 30.8. The van der Waals surface area contributed by atoms with Crippen molar-refractivity contribution in [2.75, 3.05) is 14.7 Å². The lowest BCUT2D eigenvalue weighted by Crippen LogP contribution is -2.61. The van der Waals surface area contributed by atoms with Gasteiger partial charge in [-0.25, -0.2) is 0 Å². The third kappa shape index (κ3) is 6.15. The van der Waals surface area contributed by atoms with E-state index < -0.39 is 0 Å². The van der Waals surface area contributed by atoms with E-state index in [0.29, 0.717) is 0 Å². The summed E-state index contributed by atoms with van der Waals surface area (Å²) in [5.74, 6) is 0. The van der Waals surface area contributed by atoms with Gasteiger partial charge in [-0.15, -0.1) is 0 Å². The molecule has 1 saturated carbocycles. The number of nitrogens with zero attached hydrogens (tertiary/aromatic N) is 3. The average molecular weight is 836 g/mol. The summed E-state index contributed by atoms with van der Waals surface area (Å²) < 4.78 is 0. The highest BCUT2D eigenvalue weighted by Crippen LogP contribution is 2.61. The van der Waals surface area contributed by atoms with Crippen molar-refractivity contribution in [1.82, 2.24) is 0 Å². The van der Waals surface area contributed by atoms with E-state index in [0.717, 1.165) is 6.42 Å². The van der Waals surface area contributed by atoms with Gasteiger partial charge in [-0.3, -0.25) is 0 Å². The van der Waals surface area contributed by atoms with Gasteiger partial charge in [0.2, 0.25) is 0 Å². The van der Waals surface area contributed by atoms with Crippen molar-refractivity contribution in [3.05, 3.63) is 174 Å². The van der Waals surface area contributed by atoms with Crippen LogP contribution in [0.25, 0.3) is 11.1 Å². The number of para-hydroxylation sites is 3. The van der Waals surface area contributed by atoms with Crippen LogP contribution < -0.4 is 31.1 Å². The first-order valence-electron chi connectivity index (χ1n) is 23.9. The number of fused-ring (bicyclic) bond motifs is 7. The molecule has 3 nitrogen and oxygen atoms in total. The topological polar surface area (TPSA) is 9.72 Å². The molecule has 3 aliphatic heterocycles. The molecular formula is C60H62BN3. The number of hydrogen-bond donors (Lipinski definition) is 0. The van der Waals surface area contributed by atoms with Crippen molar-refractivity contribution in [3.63, 3.8) is 0 Å². The van der Waals surface area contributed by atoms with Gasteiger partial charge < -0.3 is 14.7 Å². The molecule has 0 radical (unpaired) electrons. The van der Waals surface area contributed by atoms with E-state index in [4.69, 9.17) is 0 Å². The Morgan fingerprint density at radius 3 is 1.62 bits per heavy atom. The van der Waals surface area contributed by atoms with Gasteiger partial charge in [0.15, 0.2) is 0 Å². The van der Waals surface area contributed by atoms with E-state index >= 15 is 0 Å². The molecule has 0 N–H and O–H groups in total. The Labute approximate surface area is 382 Å². The lowest BCUT2D eigenvalue weighted by molar-refractivity contribution is 0.217. The van der Waals surface area contributed by atoms with Crippen LogP contribution in [-0.2, 0) is 16.2 Å². The predicted molar refractivity (Wildman–Crippen MR) is 275 cm³/mol. The van der Waals surface area contributed by atoms with Crippen LogP contribution in [0.1, 0.15) is 111 Å². The summed E-state index contributed by atoms with van der Waals surface area (Å²) in [7, 11) is 0. The quantitative estimate of drug-likeness (QED) is 0.164. The van der Waals surface area contributed by atoms with Crippen molar-refractivity contribution in [1.29, 1.82) is 0 Å².